The van der Waals surface area contributed by atoms with Crippen LogP contribution in [0.2, 0.25) is 0 Å². The molecule has 0 saturated heterocycles. The number of aryl methyl sites for hydroxylation is 1. The zero-order valence-electron chi connectivity index (χ0n) is 16.6. The van der Waals surface area contributed by atoms with E-state index in [1.54, 1.807) is 6.07 Å². The number of aromatic nitrogens is 4. The quantitative estimate of drug-likeness (QED) is 0.558. The van der Waals surface area contributed by atoms with Crippen molar-refractivity contribution in [1.29, 1.82) is 0 Å². The Labute approximate surface area is 173 Å². The maximum absolute atomic E-state index is 12.9. The molecule has 1 aromatic carbocycles. The first-order valence-electron chi connectivity index (χ1n) is 10.0. The van der Waals surface area contributed by atoms with Crippen LogP contribution in [0.5, 0.6) is 0 Å². The molecule has 30 heavy (non-hydrogen) atoms. The summed E-state index contributed by atoms with van der Waals surface area (Å²) in [5, 5.41) is 7.33. The van der Waals surface area contributed by atoms with E-state index in [0.717, 1.165) is 35.3 Å². The lowest BCUT2D eigenvalue weighted by Crippen LogP contribution is -2.30. The molecule has 1 aliphatic rings. The number of carbonyl (C=O) groups excluding carboxylic acids is 1. The molecule has 5 rings (SSSR count). The van der Waals surface area contributed by atoms with Gasteiger partial charge in [0, 0.05) is 23.7 Å². The Morgan fingerprint density at radius 1 is 1.13 bits per heavy atom. The van der Waals surface area contributed by atoms with Crippen LogP contribution in [0.3, 0.4) is 0 Å². The summed E-state index contributed by atoms with van der Waals surface area (Å²) in [5.41, 5.74) is 4.00. The van der Waals surface area contributed by atoms with Gasteiger partial charge in [0.15, 0.2) is 0 Å². The van der Waals surface area contributed by atoms with Crippen LogP contribution in [0.25, 0.3) is 16.9 Å². The fraction of sp³-hybridized carbons (Fsp3) is 0.217. The molecule has 7 nitrogen and oxygen atoms in total. The van der Waals surface area contributed by atoms with Crippen molar-refractivity contribution < 1.29 is 4.79 Å². The molecule has 1 fully saturated rings. The van der Waals surface area contributed by atoms with Crippen molar-refractivity contribution in [3.63, 3.8) is 0 Å². The molecule has 0 atom stereocenters. The van der Waals surface area contributed by atoms with Crippen LogP contribution in [0.4, 0.5) is 5.82 Å². The van der Waals surface area contributed by atoms with Gasteiger partial charge in [0.25, 0.3) is 5.56 Å². The van der Waals surface area contributed by atoms with Crippen molar-refractivity contribution in [1.82, 2.24) is 19.2 Å². The third-order valence-corrected chi connectivity index (χ3v) is 5.26. The average molecular weight is 399 g/mol. The monoisotopic (exact) mass is 399 g/mol. The van der Waals surface area contributed by atoms with Crippen LogP contribution in [0, 0.1) is 6.92 Å². The van der Waals surface area contributed by atoms with Crippen molar-refractivity contribution in [2.24, 2.45) is 0 Å². The van der Waals surface area contributed by atoms with Gasteiger partial charge in [-0.1, -0.05) is 30.3 Å². The number of hydrogen-bond donors (Lipinski definition) is 1. The molecule has 0 spiro atoms. The summed E-state index contributed by atoms with van der Waals surface area (Å²) in [6.07, 6.45) is 4.05. The highest BCUT2D eigenvalue weighted by atomic mass is 16.2. The Balaban J connectivity index is 1.49. The first-order chi connectivity index (χ1) is 14.6. The first-order valence-corrected chi connectivity index (χ1v) is 10.0. The molecule has 1 aliphatic carbocycles. The number of amides is 1. The van der Waals surface area contributed by atoms with E-state index in [2.05, 4.69) is 10.4 Å². The van der Waals surface area contributed by atoms with E-state index >= 15 is 0 Å². The Hall–Kier alpha value is -3.74. The number of pyridine rings is 1. The van der Waals surface area contributed by atoms with E-state index in [4.69, 9.17) is 4.98 Å². The molecule has 1 amide bonds. The topological polar surface area (TPSA) is 81.3 Å². The van der Waals surface area contributed by atoms with Crippen molar-refractivity contribution in [2.75, 3.05) is 5.32 Å². The first kappa shape index (κ1) is 18.3. The Bertz CT molecular complexity index is 1300. The molecule has 3 aromatic heterocycles. The fourth-order valence-electron chi connectivity index (χ4n) is 3.55. The minimum Gasteiger partial charge on any atom is -0.308 e. The Morgan fingerprint density at radius 3 is 2.70 bits per heavy atom. The molecule has 150 valence electrons. The highest BCUT2D eigenvalue weighted by Gasteiger charge is 2.26. The highest BCUT2D eigenvalue weighted by molar-refractivity contribution is 5.94. The van der Waals surface area contributed by atoms with Crippen LogP contribution in [-0.2, 0) is 11.3 Å². The maximum Gasteiger partial charge on any atom is 0.267 e. The number of fused-ring (bicyclic) bond motifs is 1. The molecular weight excluding hydrogens is 378 g/mol. The molecule has 1 N–H and O–H groups in total. The normalized spacial score (nSPS) is 13.5. The predicted molar refractivity (Wildman–Crippen MR) is 114 cm³/mol. The van der Waals surface area contributed by atoms with Crippen molar-refractivity contribution in [3.8, 4) is 11.3 Å². The van der Waals surface area contributed by atoms with E-state index < -0.39 is 0 Å². The van der Waals surface area contributed by atoms with Crippen LogP contribution < -0.4 is 10.9 Å². The summed E-state index contributed by atoms with van der Waals surface area (Å²) in [5.74, 6) is 0.663. The standard InChI is InChI=1S/C23H21N5O2/c1-15-11-12-27-19(13-15)24-22(17-5-3-2-4-6-17)23(27)25-20(29)14-28-21(30)10-9-18(26-28)16-7-8-16/h2-6,9-13,16H,7-8,14H2,1H3,(H,25,29). The summed E-state index contributed by atoms with van der Waals surface area (Å²) in [4.78, 5) is 29.8. The number of benzene rings is 1. The molecule has 0 radical (unpaired) electrons. The molecule has 3 heterocycles. The minimum atomic E-state index is -0.322. The van der Waals surface area contributed by atoms with Gasteiger partial charge >= 0.3 is 0 Å². The molecule has 0 unspecified atom stereocenters. The second kappa shape index (κ2) is 7.26. The van der Waals surface area contributed by atoms with Crippen LogP contribution in [0.1, 0.15) is 30.0 Å². The number of rotatable bonds is 5. The predicted octanol–water partition coefficient (Wildman–Crippen LogP) is 3.38. The zero-order valence-corrected chi connectivity index (χ0v) is 16.6. The van der Waals surface area contributed by atoms with Crippen LogP contribution in [-0.4, -0.2) is 25.1 Å². The Kier molecular flexibility index (Phi) is 4.43. The van der Waals surface area contributed by atoms with E-state index in [1.807, 2.05) is 60.0 Å². The van der Waals surface area contributed by atoms with Crippen molar-refractivity contribution in [2.45, 2.75) is 32.2 Å². The zero-order chi connectivity index (χ0) is 20.7. The summed E-state index contributed by atoms with van der Waals surface area (Å²) in [6.45, 7) is 1.85. The van der Waals surface area contributed by atoms with Gasteiger partial charge in [0.2, 0.25) is 5.91 Å². The SMILES string of the molecule is Cc1ccn2c(NC(=O)Cn3nc(C4CC4)ccc3=O)c(-c3ccccc3)nc2c1. The molecule has 7 heteroatoms. The number of nitrogens with one attached hydrogen (secondary N) is 1. The number of imidazole rings is 1. The van der Waals surface area contributed by atoms with E-state index in [0.29, 0.717) is 17.4 Å². The molecule has 0 bridgehead atoms. The minimum absolute atomic E-state index is 0.146. The third kappa shape index (κ3) is 3.50. The van der Waals surface area contributed by atoms with E-state index in [1.165, 1.54) is 10.7 Å². The van der Waals surface area contributed by atoms with E-state index in [9.17, 15) is 9.59 Å². The molecule has 0 aliphatic heterocycles. The largest absolute Gasteiger partial charge is 0.308 e. The van der Waals surface area contributed by atoms with Gasteiger partial charge in [-0.25, -0.2) is 9.67 Å². The smallest absolute Gasteiger partial charge is 0.267 e. The van der Waals surface area contributed by atoms with E-state index in [-0.39, 0.29) is 18.0 Å². The van der Waals surface area contributed by atoms with Gasteiger partial charge in [0.1, 0.15) is 23.7 Å². The third-order valence-electron chi connectivity index (χ3n) is 5.26. The molecule has 1 saturated carbocycles. The molecular formula is C23H21N5O2. The average Bonchev–Trinajstić information content (AvgIpc) is 3.53. The lowest BCUT2D eigenvalue weighted by Gasteiger charge is -2.10. The Morgan fingerprint density at radius 2 is 1.93 bits per heavy atom. The van der Waals surface area contributed by atoms with Crippen LogP contribution >= 0.6 is 0 Å². The summed E-state index contributed by atoms with van der Waals surface area (Å²) < 4.78 is 3.09. The number of carbonyl (C=O) groups is 1. The summed E-state index contributed by atoms with van der Waals surface area (Å²) in [6, 6.07) is 16.9. The van der Waals surface area contributed by atoms with Gasteiger partial charge < -0.3 is 5.32 Å². The van der Waals surface area contributed by atoms with Gasteiger partial charge in [-0.05, 0) is 43.5 Å². The van der Waals surface area contributed by atoms with Gasteiger partial charge in [0.05, 0.1) is 5.69 Å². The van der Waals surface area contributed by atoms with Crippen molar-refractivity contribution in [3.05, 3.63) is 82.4 Å². The van der Waals surface area contributed by atoms with Crippen LogP contribution in [0.15, 0.2) is 65.6 Å². The lowest BCUT2D eigenvalue weighted by molar-refractivity contribution is -0.117. The van der Waals surface area contributed by atoms with Gasteiger partial charge in [-0.3, -0.25) is 14.0 Å². The van der Waals surface area contributed by atoms with Gasteiger partial charge in [-0.2, -0.15) is 5.10 Å². The second-order valence-electron chi connectivity index (χ2n) is 7.68. The fourth-order valence-corrected chi connectivity index (χ4v) is 3.55. The van der Waals surface area contributed by atoms with Gasteiger partial charge in [-0.15, -0.1) is 0 Å². The summed E-state index contributed by atoms with van der Waals surface area (Å²) in [7, 11) is 0. The van der Waals surface area contributed by atoms with Crippen molar-refractivity contribution >= 4 is 17.4 Å². The highest BCUT2D eigenvalue weighted by Crippen LogP contribution is 2.38. The number of anilines is 1. The maximum atomic E-state index is 12.9. The molecule has 4 aromatic rings. The second-order valence-corrected chi connectivity index (χ2v) is 7.68. The summed E-state index contributed by atoms with van der Waals surface area (Å²) >= 11 is 0. The lowest BCUT2D eigenvalue weighted by atomic mass is 10.1. The number of nitrogens with zero attached hydrogens (tertiary/aromatic N) is 4. The number of hydrogen-bond acceptors (Lipinski definition) is 4.